The predicted octanol–water partition coefficient (Wildman–Crippen LogP) is 1.98. The van der Waals surface area contributed by atoms with Crippen LogP contribution < -0.4 is 4.31 Å². The number of hydrogen-bond donors (Lipinski definition) is 0. The lowest BCUT2D eigenvalue weighted by Gasteiger charge is -2.20. The van der Waals surface area contributed by atoms with Crippen molar-refractivity contribution in [2.45, 2.75) is 13.8 Å². The molecule has 0 aromatic heterocycles. The van der Waals surface area contributed by atoms with Gasteiger partial charge in [-0.3, -0.25) is 4.31 Å². The van der Waals surface area contributed by atoms with E-state index >= 15 is 0 Å². The summed E-state index contributed by atoms with van der Waals surface area (Å²) in [5.74, 6) is 0.199. The summed E-state index contributed by atoms with van der Waals surface area (Å²) in [6, 6.07) is 8.48. The molecule has 0 atom stereocenters. The van der Waals surface area contributed by atoms with Crippen molar-refractivity contribution < 1.29 is 8.42 Å². The maximum absolute atomic E-state index is 12.0. The Morgan fingerprint density at radius 2 is 1.82 bits per heavy atom. The van der Waals surface area contributed by atoms with Gasteiger partial charge in [-0.05, 0) is 30.2 Å². The van der Waals surface area contributed by atoms with Crippen molar-refractivity contribution in [1.82, 2.24) is 0 Å². The summed E-state index contributed by atoms with van der Waals surface area (Å²) in [6.07, 6.45) is 0. The third-order valence-electron chi connectivity index (χ3n) is 2.32. The van der Waals surface area contributed by atoms with Crippen LogP contribution in [0.3, 0.4) is 0 Å². The molecule has 0 aliphatic heterocycles. The van der Waals surface area contributed by atoms with E-state index in [0.29, 0.717) is 11.3 Å². The lowest BCUT2D eigenvalue weighted by molar-refractivity contribution is 0.580. The van der Waals surface area contributed by atoms with Gasteiger partial charge in [0.1, 0.15) is 0 Å². The Morgan fingerprint density at radius 1 is 1.29 bits per heavy atom. The van der Waals surface area contributed by atoms with E-state index in [0.717, 1.165) is 0 Å². The molecule has 0 unspecified atom stereocenters. The number of rotatable bonds is 4. The zero-order valence-corrected chi connectivity index (χ0v) is 11.0. The van der Waals surface area contributed by atoms with Crippen molar-refractivity contribution in [3.05, 3.63) is 29.8 Å². The van der Waals surface area contributed by atoms with Gasteiger partial charge in [0.25, 0.3) is 0 Å². The first-order valence-corrected chi connectivity index (χ1v) is 6.94. The molecule has 0 N–H and O–H groups in total. The molecule has 0 bridgehead atoms. The summed E-state index contributed by atoms with van der Waals surface area (Å²) in [7, 11) is -1.75. The maximum Gasteiger partial charge on any atom is 0.235 e. The molecular weight excluding hydrogens is 236 g/mol. The van der Waals surface area contributed by atoms with E-state index in [9.17, 15) is 8.42 Å². The van der Waals surface area contributed by atoms with Crippen LogP contribution in [0.4, 0.5) is 5.69 Å². The number of anilines is 1. The first-order valence-electron chi connectivity index (χ1n) is 5.33. The smallest absolute Gasteiger partial charge is 0.235 e. The molecule has 0 spiro atoms. The fourth-order valence-corrected chi connectivity index (χ4v) is 2.95. The first kappa shape index (κ1) is 13.5. The monoisotopic (exact) mass is 252 g/mol. The number of nitriles is 1. The topological polar surface area (TPSA) is 61.2 Å². The molecule has 1 rings (SSSR count). The fourth-order valence-electron chi connectivity index (χ4n) is 1.44. The van der Waals surface area contributed by atoms with Crippen LogP contribution in [0.2, 0.25) is 0 Å². The molecule has 0 saturated heterocycles. The summed E-state index contributed by atoms with van der Waals surface area (Å²) < 4.78 is 25.2. The Hall–Kier alpha value is -1.54. The van der Waals surface area contributed by atoms with Crippen LogP contribution in [-0.4, -0.2) is 21.2 Å². The Kier molecular flexibility index (Phi) is 4.13. The summed E-state index contributed by atoms with van der Waals surface area (Å²) in [5.41, 5.74) is 1.09. The zero-order chi connectivity index (χ0) is 13.1. The number of benzene rings is 1. The maximum atomic E-state index is 12.0. The molecule has 0 heterocycles. The van der Waals surface area contributed by atoms with Crippen molar-refractivity contribution in [3.8, 4) is 6.07 Å². The molecular formula is C12H16N2O2S. The van der Waals surface area contributed by atoms with Gasteiger partial charge < -0.3 is 0 Å². The van der Waals surface area contributed by atoms with E-state index in [1.165, 1.54) is 11.4 Å². The van der Waals surface area contributed by atoms with Crippen LogP contribution >= 0.6 is 0 Å². The minimum Gasteiger partial charge on any atom is -0.273 e. The van der Waals surface area contributed by atoms with Crippen LogP contribution in [0.5, 0.6) is 0 Å². The van der Waals surface area contributed by atoms with Crippen LogP contribution in [0.25, 0.3) is 0 Å². The van der Waals surface area contributed by atoms with E-state index in [4.69, 9.17) is 5.26 Å². The molecule has 92 valence electrons. The van der Waals surface area contributed by atoms with Crippen LogP contribution in [0, 0.1) is 17.2 Å². The van der Waals surface area contributed by atoms with Gasteiger partial charge in [-0.1, -0.05) is 13.8 Å². The minimum atomic E-state index is -3.28. The standard InChI is InChI=1S/C12H16N2O2S/c1-10(2)9-17(15,16)14(3)12-6-4-11(8-13)5-7-12/h4-7,10H,9H2,1-3H3. The molecule has 5 heteroatoms. The highest BCUT2D eigenvalue weighted by molar-refractivity contribution is 7.92. The second-order valence-electron chi connectivity index (χ2n) is 4.30. The van der Waals surface area contributed by atoms with Gasteiger partial charge in [-0.15, -0.1) is 0 Å². The molecule has 0 aliphatic rings. The van der Waals surface area contributed by atoms with E-state index in [1.807, 2.05) is 19.9 Å². The molecule has 0 saturated carbocycles. The Labute approximate surface area is 103 Å². The number of hydrogen-bond acceptors (Lipinski definition) is 3. The van der Waals surface area contributed by atoms with E-state index in [1.54, 1.807) is 24.3 Å². The van der Waals surface area contributed by atoms with E-state index < -0.39 is 10.0 Å². The predicted molar refractivity (Wildman–Crippen MR) is 68.2 cm³/mol. The SMILES string of the molecule is CC(C)CS(=O)(=O)N(C)c1ccc(C#N)cc1. The van der Waals surface area contributed by atoms with Gasteiger partial charge in [0.2, 0.25) is 10.0 Å². The van der Waals surface area contributed by atoms with Crippen LogP contribution in [0.15, 0.2) is 24.3 Å². The zero-order valence-electron chi connectivity index (χ0n) is 10.2. The van der Waals surface area contributed by atoms with Gasteiger partial charge in [0.05, 0.1) is 23.1 Å². The van der Waals surface area contributed by atoms with Gasteiger partial charge in [0, 0.05) is 7.05 Å². The highest BCUT2D eigenvalue weighted by Crippen LogP contribution is 2.18. The fraction of sp³-hybridized carbons (Fsp3) is 0.417. The largest absolute Gasteiger partial charge is 0.273 e. The average Bonchev–Trinajstić information content (AvgIpc) is 2.26. The molecule has 4 nitrogen and oxygen atoms in total. The quantitative estimate of drug-likeness (QED) is 0.823. The second kappa shape index (κ2) is 5.19. The van der Waals surface area contributed by atoms with Gasteiger partial charge in [-0.2, -0.15) is 5.26 Å². The minimum absolute atomic E-state index is 0.0841. The first-order chi connectivity index (χ1) is 7.86. The Bertz CT molecular complexity index is 512. The molecule has 1 aromatic rings. The summed E-state index contributed by atoms with van der Waals surface area (Å²) in [5, 5.41) is 8.66. The van der Waals surface area contributed by atoms with Gasteiger partial charge >= 0.3 is 0 Å². The highest BCUT2D eigenvalue weighted by Gasteiger charge is 2.19. The Balaban J connectivity index is 2.96. The molecule has 1 aromatic carbocycles. The van der Waals surface area contributed by atoms with Crippen LogP contribution in [-0.2, 0) is 10.0 Å². The molecule has 0 amide bonds. The lowest BCUT2D eigenvalue weighted by Crippen LogP contribution is -2.30. The van der Waals surface area contributed by atoms with Gasteiger partial charge in [-0.25, -0.2) is 8.42 Å². The summed E-state index contributed by atoms with van der Waals surface area (Å²) in [6.45, 7) is 3.73. The number of sulfonamides is 1. The van der Waals surface area contributed by atoms with Crippen molar-refractivity contribution in [1.29, 1.82) is 5.26 Å². The van der Waals surface area contributed by atoms with Gasteiger partial charge in [0.15, 0.2) is 0 Å². The summed E-state index contributed by atoms with van der Waals surface area (Å²) in [4.78, 5) is 0. The third kappa shape index (κ3) is 3.46. The third-order valence-corrected chi connectivity index (χ3v) is 4.45. The molecule has 0 aliphatic carbocycles. The lowest BCUT2D eigenvalue weighted by atomic mass is 10.2. The van der Waals surface area contributed by atoms with Crippen molar-refractivity contribution in [2.75, 3.05) is 17.1 Å². The summed E-state index contributed by atoms with van der Waals surface area (Å²) >= 11 is 0. The van der Waals surface area contributed by atoms with E-state index in [-0.39, 0.29) is 11.7 Å². The Morgan fingerprint density at radius 3 is 2.24 bits per heavy atom. The average molecular weight is 252 g/mol. The molecule has 17 heavy (non-hydrogen) atoms. The van der Waals surface area contributed by atoms with Crippen molar-refractivity contribution in [2.24, 2.45) is 5.92 Å². The second-order valence-corrected chi connectivity index (χ2v) is 6.34. The molecule has 0 radical (unpaired) electrons. The number of nitrogens with zero attached hydrogens (tertiary/aromatic N) is 2. The van der Waals surface area contributed by atoms with Crippen molar-refractivity contribution in [3.63, 3.8) is 0 Å². The molecule has 0 fully saturated rings. The van der Waals surface area contributed by atoms with Crippen LogP contribution in [0.1, 0.15) is 19.4 Å². The highest BCUT2D eigenvalue weighted by atomic mass is 32.2. The van der Waals surface area contributed by atoms with E-state index in [2.05, 4.69) is 0 Å². The van der Waals surface area contributed by atoms with Crippen molar-refractivity contribution >= 4 is 15.7 Å². The normalized spacial score (nSPS) is 11.2.